The Hall–Kier alpha value is -3.57. The number of amides is 1. The van der Waals surface area contributed by atoms with Crippen molar-refractivity contribution in [2.24, 2.45) is 0 Å². The van der Waals surface area contributed by atoms with Crippen LogP contribution in [0.15, 0.2) is 53.4 Å². The van der Waals surface area contributed by atoms with Gasteiger partial charge in [-0.3, -0.25) is 24.6 Å². The Kier molecular flexibility index (Phi) is 6.23. The van der Waals surface area contributed by atoms with Gasteiger partial charge in [0.1, 0.15) is 16.6 Å². The number of ether oxygens (including phenoxy) is 1. The van der Waals surface area contributed by atoms with Gasteiger partial charge < -0.3 is 9.84 Å². The van der Waals surface area contributed by atoms with Crippen LogP contribution < -0.4 is 4.74 Å². The van der Waals surface area contributed by atoms with Gasteiger partial charge in [0.15, 0.2) is 0 Å². The predicted molar refractivity (Wildman–Crippen MR) is 112 cm³/mol. The summed E-state index contributed by atoms with van der Waals surface area (Å²) < 4.78 is 5.43. The first-order chi connectivity index (χ1) is 14.2. The Morgan fingerprint density at radius 2 is 1.93 bits per heavy atom. The lowest BCUT2D eigenvalue weighted by Crippen LogP contribution is -2.33. The van der Waals surface area contributed by atoms with Crippen LogP contribution in [0.25, 0.3) is 6.08 Å². The molecule has 0 radical (unpaired) electrons. The number of carboxylic acids is 1. The Labute approximate surface area is 179 Å². The number of thiocarbonyl (C=S) groups is 1. The molecule has 0 unspecified atom stereocenters. The molecular weight excluding hydrogens is 432 g/mol. The smallest absolute Gasteiger partial charge is 0.343 e. The zero-order chi connectivity index (χ0) is 21.8. The molecule has 30 heavy (non-hydrogen) atoms. The standard InChI is InChI=1S/C19H12N2O7S2/c22-16(23)10-20-17(24)15(30-19(20)29)9-11-2-1-3-14(8-11)28-18(25)12-4-6-13(7-5-12)21(26)27/h1-9H,10H2,(H,22,23)/b15-9+. The van der Waals surface area contributed by atoms with E-state index in [2.05, 4.69) is 0 Å². The van der Waals surface area contributed by atoms with Crippen molar-refractivity contribution in [3.63, 3.8) is 0 Å². The van der Waals surface area contributed by atoms with E-state index in [1.165, 1.54) is 42.5 Å². The monoisotopic (exact) mass is 444 g/mol. The van der Waals surface area contributed by atoms with Crippen LogP contribution in [0, 0.1) is 10.1 Å². The van der Waals surface area contributed by atoms with Gasteiger partial charge in [-0.05, 0) is 35.9 Å². The second kappa shape index (κ2) is 8.84. The third-order valence-corrected chi connectivity index (χ3v) is 5.22. The van der Waals surface area contributed by atoms with Gasteiger partial charge in [-0.15, -0.1) is 0 Å². The maximum Gasteiger partial charge on any atom is 0.343 e. The molecule has 2 aromatic carbocycles. The number of carbonyl (C=O) groups is 3. The topological polar surface area (TPSA) is 127 Å². The lowest BCUT2D eigenvalue weighted by molar-refractivity contribution is -0.384. The average Bonchev–Trinajstić information content (AvgIpc) is 2.95. The number of hydrogen-bond acceptors (Lipinski definition) is 8. The van der Waals surface area contributed by atoms with Gasteiger partial charge in [0.05, 0.1) is 15.4 Å². The van der Waals surface area contributed by atoms with Crippen molar-refractivity contribution in [1.29, 1.82) is 0 Å². The SMILES string of the molecule is O=C(O)CN1C(=O)/C(=C\c2cccc(OC(=O)c3ccc([N+](=O)[O-])cc3)c2)SC1=S. The zero-order valence-electron chi connectivity index (χ0n) is 15.0. The number of carbonyl (C=O) groups excluding carboxylic acids is 2. The van der Waals surface area contributed by atoms with Crippen LogP contribution >= 0.6 is 24.0 Å². The van der Waals surface area contributed by atoms with Crippen LogP contribution in [-0.2, 0) is 9.59 Å². The highest BCUT2D eigenvalue weighted by molar-refractivity contribution is 8.26. The second-order valence-corrected chi connectivity index (χ2v) is 7.60. The first-order valence-electron chi connectivity index (χ1n) is 8.28. The van der Waals surface area contributed by atoms with Gasteiger partial charge in [0.25, 0.3) is 11.6 Å². The molecule has 0 atom stereocenters. The van der Waals surface area contributed by atoms with E-state index in [-0.39, 0.29) is 26.2 Å². The van der Waals surface area contributed by atoms with Gasteiger partial charge in [0, 0.05) is 12.1 Å². The molecule has 152 valence electrons. The van der Waals surface area contributed by atoms with E-state index in [9.17, 15) is 24.5 Å². The van der Waals surface area contributed by atoms with Crippen molar-refractivity contribution >= 4 is 57.9 Å². The van der Waals surface area contributed by atoms with E-state index < -0.39 is 29.3 Å². The maximum absolute atomic E-state index is 12.3. The number of nitrogens with zero attached hydrogens (tertiary/aromatic N) is 2. The molecule has 1 heterocycles. The van der Waals surface area contributed by atoms with Gasteiger partial charge in [-0.1, -0.05) is 36.1 Å². The fourth-order valence-electron chi connectivity index (χ4n) is 2.48. The average molecular weight is 444 g/mol. The van der Waals surface area contributed by atoms with E-state index >= 15 is 0 Å². The van der Waals surface area contributed by atoms with E-state index in [0.29, 0.717) is 5.56 Å². The van der Waals surface area contributed by atoms with Crippen LogP contribution in [0.3, 0.4) is 0 Å². The number of thioether (sulfide) groups is 1. The summed E-state index contributed by atoms with van der Waals surface area (Å²) in [6.45, 7) is -0.519. The summed E-state index contributed by atoms with van der Waals surface area (Å²) >= 11 is 6.03. The first-order valence-corrected chi connectivity index (χ1v) is 9.51. The van der Waals surface area contributed by atoms with Crippen LogP contribution in [0.1, 0.15) is 15.9 Å². The minimum Gasteiger partial charge on any atom is -0.480 e. The van der Waals surface area contributed by atoms with Gasteiger partial charge >= 0.3 is 11.9 Å². The molecule has 0 saturated carbocycles. The molecule has 0 bridgehead atoms. The molecule has 0 spiro atoms. The first kappa shape index (κ1) is 21.1. The molecule has 2 aromatic rings. The number of carboxylic acid groups (broad SMARTS) is 1. The Morgan fingerprint density at radius 3 is 2.57 bits per heavy atom. The number of nitro groups is 1. The molecule has 1 fully saturated rings. The van der Waals surface area contributed by atoms with Crippen LogP contribution in [-0.4, -0.2) is 43.6 Å². The summed E-state index contributed by atoms with van der Waals surface area (Å²) in [5.41, 5.74) is 0.536. The lowest BCUT2D eigenvalue weighted by atomic mass is 10.2. The van der Waals surface area contributed by atoms with Gasteiger partial charge in [-0.25, -0.2) is 4.79 Å². The third-order valence-electron chi connectivity index (χ3n) is 3.85. The van der Waals surface area contributed by atoms with E-state index in [4.69, 9.17) is 22.1 Å². The quantitative estimate of drug-likeness (QED) is 0.178. The number of benzene rings is 2. The van der Waals surface area contributed by atoms with Crippen molar-refractivity contribution in [1.82, 2.24) is 4.90 Å². The minimum absolute atomic E-state index is 0.139. The number of rotatable bonds is 6. The molecule has 1 saturated heterocycles. The van der Waals surface area contributed by atoms with Crippen molar-refractivity contribution in [3.8, 4) is 5.75 Å². The fraction of sp³-hybridized carbons (Fsp3) is 0.0526. The molecular formula is C19H12N2O7S2. The highest BCUT2D eigenvalue weighted by Gasteiger charge is 2.33. The van der Waals surface area contributed by atoms with Crippen molar-refractivity contribution in [3.05, 3.63) is 74.7 Å². The molecule has 0 aliphatic carbocycles. The summed E-state index contributed by atoms with van der Waals surface area (Å²) in [5.74, 6) is -2.18. The highest BCUT2D eigenvalue weighted by Crippen LogP contribution is 2.32. The second-order valence-electron chi connectivity index (χ2n) is 5.93. The summed E-state index contributed by atoms with van der Waals surface area (Å²) in [5, 5.41) is 19.6. The van der Waals surface area contributed by atoms with Crippen LogP contribution in [0.4, 0.5) is 5.69 Å². The van der Waals surface area contributed by atoms with E-state index in [0.717, 1.165) is 16.7 Å². The van der Waals surface area contributed by atoms with Gasteiger partial charge in [0.2, 0.25) is 0 Å². The fourth-order valence-corrected chi connectivity index (χ4v) is 3.73. The minimum atomic E-state index is -1.17. The van der Waals surface area contributed by atoms with Crippen molar-refractivity contribution < 1.29 is 29.2 Å². The van der Waals surface area contributed by atoms with Crippen LogP contribution in [0.5, 0.6) is 5.75 Å². The van der Waals surface area contributed by atoms with E-state index in [1.807, 2.05) is 0 Å². The molecule has 9 nitrogen and oxygen atoms in total. The summed E-state index contributed by atoms with van der Waals surface area (Å²) in [7, 11) is 0. The number of esters is 1. The number of hydrogen-bond donors (Lipinski definition) is 1. The Bertz CT molecular complexity index is 1100. The number of nitro benzene ring substituents is 1. The van der Waals surface area contributed by atoms with Crippen molar-refractivity contribution in [2.45, 2.75) is 0 Å². The third kappa shape index (κ3) is 4.88. The molecule has 11 heteroatoms. The highest BCUT2D eigenvalue weighted by atomic mass is 32.2. The van der Waals surface area contributed by atoms with Crippen molar-refractivity contribution in [2.75, 3.05) is 6.54 Å². The summed E-state index contributed by atoms with van der Waals surface area (Å²) in [6.07, 6.45) is 1.52. The van der Waals surface area contributed by atoms with Gasteiger partial charge in [-0.2, -0.15) is 0 Å². The largest absolute Gasteiger partial charge is 0.480 e. The molecule has 1 N–H and O–H groups in total. The Morgan fingerprint density at radius 1 is 1.23 bits per heavy atom. The summed E-state index contributed by atoms with van der Waals surface area (Å²) in [6, 6.07) is 11.3. The number of non-ortho nitro benzene ring substituents is 1. The van der Waals surface area contributed by atoms with E-state index in [1.54, 1.807) is 12.1 Å². The summed E-state index contributed by atoms with van der Waals surface area (Å²) in [4.78, 5) is 46.8. The molecule has 0 aromatic heterocycles. The Balaban J connectivity index is 1.75. The lowest BCUT2D eigenvalue weighted by Gasteiger charge is -2.10. The molecule has 1 aliphatic rings. The van der Waals surface area contributed by atoms with Crippen LogP contribution in [0.2, 0.25) is 0 Å². The zero-order valence-corrected chi connectivity index (χ0v) is 16.6. The maximum atomic E-state index is 12.3. The number of aliphatic carboxylic acids is 1. The molecule has 1 aliphatic heterocycles. The molecule has 1 amide bonds. The predicted octanol–water partition coefficient (Wildman–Crippen LogP) is 3.10. The normalized spacial score (nSPS) is 14.8. The molecule has 3 rings (SSSR count).